The Morgan fingerprint density at radius 3 is 2.62 bits per heavy atom. The molecule has 0 spiro atoms. The normalized spacial score (nSPS) is 23.9. The standard InChI is InChI=1S/C22H27N5O5S2/c1-34(31,32)16-11-33-19-18(16)25-12-27(22(19)30)15(9-13-5-3-2-4-6-13)21(29)26-17-8-7-14(10-24-17)20(23)28/h7-8,10-13,15,18-19H,2-6,9H2,1H3,(H2,23,28)(H,24,26,29). The minimum atomic E-state index is -3.49. The van der Waals surface area contributed by atoms with Crippen LogP contribution in [0.15, 0.2) is 33.6 Å². The molecule has 0 radical (unpaired) electrons. The number of carbonyl (C=O) groups is 3. The van der Waals surface area contributed by atoms with Gasteiger partial charge in [-0.25, -0.2) is 13.4 Å². The third kappa shape index (κ3) is 5.17. The molecule has 3 N–H and O–H groups in total. The number of primary amides is 1. The fourth-order valence-corrected chi connectivity index (χ4v) is 7.19. The van der Waals surface area contributed by atoms with Crippen LogP contribution in [0.3, 0.4) is 0 Å². The van der Waals surface area contributed by atoms with Gasteiger partial charge in [0, 0.05) is 12.5 Å². The molecule has 2 aliphatic heterocycles. The van der Waals surface area contributed by atoms with Crippen LogP contribution >= 0.6 is 11.8 Å². The molecule has 3 aliphatic rings. The average Bonchev–Trinajstić information content (AvgIpc) is 3.25. The van der Waals surface area contributed by atoms with Gasteiger partial charge >= 0.3 is 0 Å². The Kier molecular flexibility index (Phi) is 7.08. The molecule has 3 unspecified atom stereocenters. The van der Waals surface area contributed by atoms with Gasteiger partial charge in [-0.2, -0.15) is 0 Å². The number of pyridine rings is 1. The van der Waals surface area contributed by atoms with Crippen LogP contribution in [0.25, 0.3) is 0 Å². The molecule has 4 rings (SSSR count). The number of amides is 3. The summed E-state index contributed by atoms with van der Waals surface area (Å²) < 4.78 is 24.1. The number of carbonyl (C=O) groups excluding carboxylic acids is 3. The summed E-state index contributed by atoms with van der Waals surface area (Å²) in [5.74, 6) is -0.856. The number of fused-ring (bicyclic) bond motifs is 1. The minimum absolute atomic E-state index is 0.124. The van der Waals surface area contributed by atoms with Crippen LogP contribution in [0.5, 0.6) is 0 Å². The summed E-state index contributed by atoms with van der Waals surface area (Å²) in [5, 5.41) is 3.49. The molecule has 34 heavy (non-hydrogen) atoms. The molecule has 3 atom stereocenters. The number of rotatable bonds is 7. The van der Waals surface area contributed by atoms with Crippen molar-refractivity contribution in [1.82, 2.24) is 9.88 Å². The lowest BCUT2D eigenvalue weighted by atomic mass is 9.84. The Bertz CT molecular complexity index is 1140. The number of thioether (sulfide) groups is 1. The number of hydrogen-bond acceptors (Lipinski definition) is 8. The van der Waals surface area contributed by atoms with Gasteiger partial charge in [-0.05, 0) is 29.9 Å². The van der Waals surface area contributed by atoms with Crippen molar-refractivity contribution in [3.63, 3.8) is 0 Å². The first kappa shape index (κ1) is 24.4. The summed E-state index contributed by atoms with van der Waals surface area (Å²) in [6.07, 6.45) is 9.45. The van der Waals surface area contributed by atoms with E-state index in [4.69, 9.17) is 5.73 Å². The number of nitrogens with zero attached hydrogens (tertiary/aromatic N) is 3. The number of anilines is 1. The largest absolute Gasteiger partial charge is 0.366 e. The lowest BCUT2D eigenvalue weighted by Crippen LogP contribution is -2.54. The smallest absolute Gasteiger partial charge is 0.250 e. The third-order valence-corrected chi connectivity index (χ3v) is 8.91. The molecule has 1 fully saturated rings. The van der Waals surface area contributed by atoms with Crippen LogP contribution < -0.4 is 11.1 Å². The van der Waals surface area contributed by atoms with Crippen molar-refractivity contribution in [1.29, 1.82) is 0 Å². The highest BCUT2D eigenvalue weighted by molar-refractivity contribution is 8.05. The number of aromatic nitrogens is 1. The third-order valence-electron chi connectivity index (χ3n) is 6.41. The van der Waals surface area contributed by atoms with Gasteiger partial charge in [-0.3, -0.25) is 24.3 Å². The number of nitrogens with two attached hydrogens (primary N) is 1. The summed E-state index contributed by atoms with van der Waals surface area (Å²) in [4.78, 5) is 47.9. The van der Waals surface area contributed by atoms with E-state index in [0.29, 0.717) is 6.42 Å². The quantitative estimate of drug-likeness (QED) is 0.572. The van der Waals surface area contributed by atoms with Crippen LogP contribution in [0.2, 0.25) is 0 Å². The average molecular weight is 506 g/mol. The summed E-state index contributed by atoms with van der Waals surface area (Å²) in [6, 6.07) is 1.35. The van der Waals surface area contributed by atoms with Gasteiger partial charge in [0.05, 0.1) is 16.8 Å². The van der Waals surface area contributed by atoms with Crippen molar-refractivity contribution in [2.45, 2.75) is 55.9 Å². The number of aliphatic imine (C=N–C) groups is 1. The minimum Gasteiger partial charge on any atom is -0.366 e. The van der Waals surface area contributed by atoms with Crippen LogP contribution in [0.4, 0.5) is 5.82 Å². The Hall–Kier alpha value is -2.73. The van der Waals surface area contributed by atoms with Gasteiger partial charge in [0.1, 0.15) is 23.2 Å². The SMILES string of the molecule is CS(=O)(=O)C1=CSC2C(=O)N(C(CC3CCCCC3)C(=O)Nc3ccc(C(N)=O)cn3)C=NC12. The molecule has 182 valence electrons. The molecule has 0 bridgehead atoms. The zero-order chi connectivity index (χ0) is 24.5. The molecule has 0 aromatic carbocycles. The van der Waals surface area contributed by atoms with Crippen molar-refractivity contribution in [2.75, 3.05) is 11.6 Å². The maximum absolute atomic E-state index is 13.4. The van der Waals surface area contributed by atoms with Crippen molar-refractivity contribution in [3.8, 4) is 0 Å². The van der Waals surface area contributed by atoms with E-state index in [-0.39, 0.29) is 28.1 Å². The second-order valence-corrected chi connectivity index (χ2v) is 11.9. The predicted octanol–water partition coefficient (Wildman–Crippen LogP) is 1.70. The highest BCUT2D eigenvalue weighted by atomic mass is 32.2. The number of sulfone groups is 1. The van der Waals surface area contributed by atoms with Crippen LogP contribution in [-0.2, 0) is 19.4 Å². The predicted molar refractivity (Wildman–Crippen MR) is 130 cm³/mol. The summed E-state index contributed by atoms with van der Waals surface area (Å²) >= 11 is 1.12. The lowest BCUT2D eigenvalue weighted by molar-refractivity contribution is -0.134. The van der Waals surface area contributed by atoms with E-state index in [1.807, 2.05) is 0 Å². The van der Waals surface area contributed by atoms with E-state index in [0.717, 1.165) is 50.1 Å². The molecule has 1 aromatic rings. The first-order chi connectivity index (χ1) is 16.1. The van der Waals surface area contributed by atoms with Gasteiger partial charge in [-0.15, -0.1) is 11.8 Å². The fourth-order valence-electron chi connectivity index (χ4n) is 4.58. The summed E-state index contributed by atoms with van der Waals surface area (Å²) in [7, 11) is -3.49. The van der Waals surface area contributed by atoms with Crippen molar-refractivity contribution < 1.29 is 22.8 Å². The van der Waals surface area contributed by atoms with Crippen LogP contribution in [0, 0.1) is 5.92 Å². The van der Waals surface area contributed by atoms with E-state index in [9.17, 15) is 22.8 Å². The van der Waals surface area contributed by atoms with E-state index in [2.05, 4.69) is 15.3 Å². The molecule has 3 heterocycles. The summed E-state index contributed by atoms with van der Waals surface area (Å²) in [5.41, 5.74) is 5.46. The van der Waals surface area contributed by atoms with E-state index < -0.39 is 39.0 Å². The van der Waals surface area contributed by atoms with Crippen LogP contribution in [0.1, 0.15) is 48.9 Å². The van der Waals surface area contributed by atoms with Crippen molar-refractivity contribution in [3.05, 3.63) is 34.2 Å². The Labute approximate surface area is 202 Å². The van der Waals surface area contributed by atoms with Crippen molar-refractivity contribution >= 4 is 51.5 Å². The first-order valence-corrected chi connectivity index (χ1v) is 14.0. The highest BCUT2D eigenvalue weighted by Gasteiger charge is 2.46. The monoisotopic (exact) mass is 505 g/mol. The van der Waals surface area contributed by atoms with Gasteiger partial charge < -0.3 is 11.1 Å². The van der Waals surface area contributed by atoms with E-state index >= 15 is 0 Å². The number of nitrogens with one attached hydrogen (secondary N) is 1. The highest BCUT2D eigenvalue weighted by Crippen LogP contribution is 2.39. The first-order valence-electron chi connectivity index (χ1n) is 11.1. The Morgan fingerprint density at radius 1 is 1.26 bits per heavy atom. The second-order valence-electron chi connectivity index (χ2n) is 8.85. The van der Waals surface area contributed by atoms with Gasteiger partial charge in [0.25, 0.3) is 0 Å². The van der Waals surface area contributed by atoms with E-state index in [1.54, 1.807) is 0 Å². The lowest BCUT2D eigenvalue weighted by Gasteiger charge is -2.36. The maximum atomic E-state index is 13.4. The maximum Gasteiger partial charge on any atom is 0.250 e. The van der Waals surface area contributed by atoms with Crippen molar-refractivity contribution in [2.24, 2.45) is 16.6 Å². The molecule has 0 saturated heterocycles. The van der Waals surface area contributed by atoms with Gasteiger partial charge in [0.2, 0.25) is 17.7 Å². The topological polar surface area (TPSA) is 152 Å². The summed E-state index contributed by atoms with van der Waals surface area (Å²) in [6.45, 7) is 0. The van der Waals surface area contributed by atoms with E-state index in [1.165, 1.54) is 35.0 Å². The molecule has 1 aromatic heterocycles. The number of hydrogen-bond donors (Lipinski definition) is 2. The van der Waals surface area contributed by atoms with Gasteiger partial charge in [-0.1, -0.05) is 32.1 Å². The molecule has 3 amide bonds. The zero-order valence-electron chi connectivity index (χ0n) is 18.7. The fraction of sp³-hybridized carbons (Fsp3) is 0.500. The molecule has 1 aliphatic carbocycles. The second kappa shape index (κ2) is 9.87. The molecule has 10 nitrogen and oxygen atoms in total. The Morgan fingerprint density at radius 2 is 2.00 bits per heavy atom. The molecule has 12 heteroatoms. The zero-order valence-corrected chi connectivity index (χ0v) is 20.3. The Balaban J connectivity index is 1.57. The van der Waals surface area contributed by atoms with Crippen LogP contribution in [-0.4, -0.2) is 66.0 Å². The van der Waals surface area contributed by atoms with Gasteiger partial charge in [0.15, 0.2) is 9.84 Å². The molecular formula is C22H27N5O5S2. The molecule has 1 saturated carbocycles. The molecular weight excluding hydrogens is 478 g/mol.